The summed E-state index contributed by atoms with van der Waals surface area (Å²) in [7, 11) is 0. The smallest absolute Gasteiger partial charge is 0.322 e. The van der Waals surface area contributed by atoms with E-state index < -0.39 is 4.92 Å². The number of unbranched alkanes of at least 4 members (excludes halogenated alkanes) is 2. The van der Waals surface area contributed by atoms with Crippen LogP contribution in [0.5, 0.6) is 0 Å². The van der Waals surface area contributed by atoms with Crippen LogP contribution in [0.1, 0.15) is 38.8 Å². The third-order valence-corrected chi connectivity index (χ3v) is 3.58. The monoisotopic (exact) mass is 284 g/mol. The first-order valence-corrected chi connectivity index (χ1v) is 7.48. The third kappa shape index (κ3) is 4.66. The van der Waals surface area contributed by atoms with Crippen molar-refractivity contribution in [1.29, 1.82) is 0 Å². The highest BCUT2D eigenvalue weighted by Crippen LogP contribution is 2.31. The zero-order valence-electron chi connectivity index (χ0n) is 11.6. The molecule has 0 aliphatic rings. The van der Waals surface area contributed by atoms with Crippen LogP contribution in [0.3, 0.4) is 0 Å². The highest BCUT2D eigenvalue weighted by atomic mass is 32.2. The number of hydrogen-bond acceptors (Lipinski definition) is 6. The molecule has 7 heteroatoms. The molecule has 0 atom stereocenters. The zero-order chi connectivity index (χ0) is 14.3. The van der Waals surface area contributed by atoms with E-state index in [1.165, 1.54) is 11.8 Å². The SMILES string of the molecule is CCCCCSc1nc(NCC)nc(C)c1[N+](=O)[O-]. The van der Waals surface area contributed by atoms with Crippen LogP contribution in [0, 0.1) is 17.0 Å². The first-order valence-electron chi connectivity index (χ1n) is 6.49. The zero-order valence-corrected chi connectivity index (χ0v) is 12.4. The lowest BCUT2D eigenvalue weighted by atomic mass is 10.3. The molecule has 106 valence electrons. The Hall–Kier alpha value is -1.37. The van der Waals surface area contributed by atoms with Crippen molar-refractivity contribution in [2.24, 2.45) is 0 Å². The van der Waals surface area contributed by atoms with Crippen molar-refractivity contribution in [1.82, 2.24) is 9.97 Å². The van der Waals surface area contributed by atoms with Gasteiger partial charge in [0.05, 0.1) is 4.92 Å². The Balaban J connectivity index is 2.92. The number of anilines is 1. The van der Waals surface area contributed by atoms with Crippen LogP contribution < -0.4 is 5.32 Å². The number of aromatic nitrogens is 2. The number of nitro groups is 1. The molecule has 1 aromatic heterocycles. The van der Waals surface area contributed by atoms with Crippen molar-refractivity contribution in [3.8, 4) is 0 Å². The van der Waals surface area contributed by atoms with E-state index in [0.29, 0.717) is 23.2 Å². The normalized spacial score (nSPS) is 10.5. The summed E-state index contributed by atoms with van der Waals surface area (Å²) in [6.07, 6.45) is 3.30. The topological polar surface area (TPSA) is 81.0 Å². The van der Waals surface area contributed by atoms with Crippen molar-refractivity contribution >= 4 is 23.4 Å². The first-order chi connectivity index (χ1) is 9.10. The van der Waals surface area contributed by atoms with E-state index >= 15 is 0 Å². The first kappa shape index (κ1) is 15.7. The van der Waals surface area contributed by atoms with Crippen molar-refractivity contribution in [3.05, 3.63) is 15.8 Å². The van der Waals surface area contributed by atoms with Gasteiger partial charge in [-0.25, -0.2) is 4.98 Å². The van der Waals surface area contributed by atoms with Gasteiger partial charge in [0.1, 0.15) is 5.69 Å². The van der Waals surface area contributed by atoms with Gasteiger partial charge in [0.2, 0.25) is 5.95 Å². The lowest BCUT2D eigenvalue weighted by Crippen LogP contribution is -2.07. The largest absolute Gasteiger partial charge is 0.354 e. The Labute approximate surface area is 117 Å². The molecule has 1 aromatic rings. The minimum Gasteiger partial charge on any atom is -0.354 e. The highest BCUT2D eigenvalue weighted by Gasteiger charge is 2.22. The number of aryl methyl sites for hydroxylation is 1. The molecule has 0 bridgehead atoms. The van der Waals surface area contributed by atoms with E-state index in [9.17, 15) is 10.1 Å². The molecular weight excluding hydrogens is 264 g/mol. The average Bonchev–Trinajstić information content (AvgIpc) is 2.34. The number of rotatable bonds is 8. The van der Waals surface area contributed by atoms with Crippen LogP contribution in [-0.2, 0) is 0 Å². The lowest BCUT2D eigenvalue weighted by molar-refractivity contribution is -0.389. The number of nitrogens with zero attached hydrogens (tertiary/aromatic N) is 3. The van der Waals surface area contributed by atoms with Crippen molar-refractivity contribution in [2.45, 2.75) is 45.1 Å². The molecule has 0 saturated heterocycles. The van der Waals surface area contributed by atoms with Gasteiger partial charge in [-0.05, 0) is 26.0 Å². The van der Waals surface area contributed by atoms with Gasteiger partial charge in [0.15, 0.2) is 5.03 Å². The second-order valence-electron chi connectivity index (χ2n) is 4.13. The molecule has 0 unspecified atom stereocenters. The summed E-state index contributed by atoms with van der Waals surface area (Å²) in [5.41, 5.74) is 0.442. The van der Waals surface area contributed by atoms with E-state index in [-0.39, 0.29) is 5.69 Å². The molecule has 0 saturated carbocycles. The summed E-state index contributed by atoms with van der Waals surface area (Å²) in [4.78, 5) is 19.1. The minimum atomic E-state index is -0.396. The van der Waals surface area contributed by atoms with Gasteiger partial charge in [-0.1, -0.05) is 31.5 Å². The van der Waals surface area contributed by atoms with Crippen molar-refractivity contribution < 1.29 is 4.92 Å². The Bertz CT molecular complexity index is 440. The van der Waals surface area contributed by atoms with Crippen LogP contribution in [0.25, 0.3) is 0 Å². The molecule has 0 spiro atoms. The van der Waals surface area contributed by atoms with Gasteiger partial charge < -0.3 is 5.32 Å². The average molecular weight is 284 g/mol. The van der Waals surface area contributed by atoms with Gasteiger partial charge >= 0.3 is 5.69 Å². The second-order valence-corrected chi connectivity index (χ2v) is 5.21. The molecule has 0 amide bonds. The van der Waals surface area contributed by atoms with Crippen LogP contribution >= 0.6 is 11.8 Å². The maximum absolute atomic E-state index is 11.1. The maximum Gasteiger partial charge on any atom is 0.322 e. The number of nitrogens with one attached hydrogen (secondary N) is 1. The van der Waals surface area contributed by atoms with E-state index in [1.807, 2.05) is 6.92 Å². The molecule has 1 heterocycles. The Morgan fingerprint density at radius 2 is 2.05 bits per heavy atom. The van der Waals surface area contributed by atoms with E-state index in [0.717, 1.165) is 25.0 Å². The van der Waals surface area contributed by atoms with Gasteiger partial charge in [0.25, 0.3) is 0 Å². The summed E-state index contributed by atoms with van der Waals surface area (Å²) in [5, 5.41) is 14.6. The van der Waals surface area contributed by atoms with E-state index in [2.05, 4.69) is 22.2 Å². The third-order valence-electron chi connectivity index (χ3n) is 2.53. The van der Waals surface area contributed by atoms with Crippen LogP contribution in [0.15, 0.2) is 5.03 Å². The summed E-state index contributed by atoms with van der Waals surface area (Å²) in [5.74, 6) is 1.31. The Kier molecular flexibility index (Phi) is 6.55. The van der Waals surface area contributed by atoms with E-state index in [1.54, 1.807) is 6.92 Å². The quantitative estimate of drug-likeness (QED) is 0.259. The standard InChI is InChI=1S/C12H20N4O2S/c1-4-6-7-8-19-11-10(16(17)18)9(3)14-12(15-11)13-5-2/h4-8H2,1-3H3,(H,13,14,15). The summed E-state index contributed by atoms with van der Waals surface area (Å²) in [6.45, 7) is 6.41. The molecule has 1 N–H and O–H groups in total. The van der Waals surface area contributed by atoms with Gasteiger partial charge in [-0.2, -0.15) is 4.98 Å². The summed E-state index contributed by atoms with van der Waals surface area (Å²) in [6, 6.07) is 0. The van der Waals surface area contributed by atoms with Crippen LogP contribution in [0.4, 0.5) is 11.6 Å². The Morgan fingerprint density at radius 3 is 2.63 bits per heavy atom. The number of thioether (sulfide) groups is 1. The second kappa shape index (κ2) is 7.93. The fourth-order valence-electron chi connectivity index (χ4n) is 1.61. The van der Waals surface area contributed by atoms with Crippen LogP contribution in [-0.4, -0.2) is 27.2 Å². The molecule has 6 nitrogen and oxygen atoms in total. The highest BCUT2D eigenvalue weighted by molar-refractivity contribution is 7.99. The molecule has 19 heavy (non-hydrogen) atoms. The lowest BCUT2D eigenvalue weighted by Gasteiger charge is -2.07. The maximum atomic E-state index is 11.1. The predicted molar refractivity (Wildman–Crippen MR) is 77.8 cm³/mol. The Morgan fingerprint density at radius 1 is 1.32 bits per heavy atom. The molecule has 0 radical (unpaired) electrons. The summed E-state index contributed by atoms with van der Waals surface area (Å²) >= 11 is 1.44. The van der Waals surface area contributed by atoms with Gasteiger partial charge in [-0.15, -0.1) is 0 Å². The minimum absolute atomic E-state index is 0.0307. The molecule has 0 aromatic carbocycles. The fourth-order valence-corrected chi connectivity index (χ4v) is 2.66. The number of hydrogen-bond donors (Lipinski definition) is 1. The molecule has 0 aliphatic heterocycles. The summed E-state index contributed by atoms with van der Waals surface area (Å²) < 4.78 is 0. The van der Waals surface area contributed by atoms with Gasteiger partial charge in [-0.3, -0.25) is 10.1 Å². The van der Waals surface area contributed by atoms with Crippen LogP contribution in [0.2, 0.25) is 0 Å². The fraction of sp³-hybridized carbons (Fsp3) is 0.667. The predicted octanol–water partition coefficient (Wildman–Crippen LogP) is 3.41. The van der Waals surface area contributed by atoms with Crippen molar-refractivity contribution in [2.75, 3.05) is 17.6 Å². The molecule has 1 rings (SSSR count). The van der Waals surface area contributed by atoms with E-state index in [4.69, 9.17) is 0 Å². The molecule has 0 aliphatic carbocycles. The molecular formula is C12H20N4O2S. The molecule has 0 fully saturated rings. The van der Waals surface area contributed by atoms with Gasteiger partial charge in [0, 0.05) is 6.54 Å². The van der Waals surface area contributed by atoms with Crippen molar-refractivity contribution in [3.63, 3.8) is 0 Å².